The Bertz CT molecular complexity index is 616. The molecule has 0 unspecified atom stereocenters. The molecule has 21 heavy (non-hydrogen) atoms. The monoisotopic (exact) mass is 300 g/mol. The van der Waals surface area contributed by atoms with Crippen molar-refractivity contribution in [2.24, 2.45) is 5.41 Å². The fourth-order valence-electron chi connectivity index (χ4n) is 2.61. The number of halogens is 1. The van der Waals surface area contributed by atoms with Gasteiger partial charge in [0.1, 0.15) is 12.0 Å². The Hall–Kier alpha value is -1.97. The van der Waals surface area contributed by atoms with Gasteiger partial charge in [0.2, 0.25) is 5.91 Å². The second kappa shape index (κ2) is 7.16. The third-order valence-electron chi connectivity index (χ3n) is 3.74. The Morgan fingerprint density at radius 2 is 2.10 bits per heavy atom. The van der Waals surface area contributed by atoms with E-state index in [2.05, 4.69) is 17.2 Å². The van der Waals surface area contributed by atoms with Crippen LogP contribution in [0.15, 0.2) is 24.3 Å². The van der Waals surface area contributed by atoms with Gasteiger partial charge in [0, 0.05) is 10.6 Å². The van der Waals surface area contributed by atoms with Crippen molar-refractivity contribution in [2.75, 3.05) is 6.54 Å². The first-order valence-electron chi connectivity index (χ1n) is 7.10. The minimum absolute atomic E-state index is 0.0272. The van der Waals surface area contributed by atoms with E-state index < -0.39 is 5.41 Å². The Balaban J connectivity index is 2.25. The van der Waals surface area contributed by atoms with Crippen LogP contribution in [-0.4, -0.2) is 12.5 Å². The van der Waals surface area contributed by atoms with Crippen LogP contribution in [0.25, 0.3) is 0 Å². The van der Waals surface area contributed by atoms with Crippen molar-refractivity contribution in [3.05, 3.63) is 34.9 Å². The Kier molecular flexibility index (Phi) is 5.26. The number of carbonyl (C=O) groups excluding carboxylic acids is 1. The molecule has 0 aromatic heterocycles. The van der Waals surface area contributed by atoms with E-state index in [1.54, 1.807) is 12.1 Å². The molecule has 1 aliphatic carbocycles. The summed E-state index contributed by atoms with van der Waals surface area (Å²) in [7, 11) is 0. The van der Waals surface area contributed by atoms with Crippen molar-refractivity contribution in [1.82, 2.24) is 5.32 Å². The number of hydrogen-bond acceptors (Lipinski definition) is 2. The van der Waals surface area contributed by atoms with Gasteiger partial charge in [-0.3, -0.25) is 4.79 Å². The molecule has 1 amide bonds. The average molecular weight is 301 g/mol. The van der Waals surface area contributed by atoms with Crippen LogP contribution in [0.4, 0.5) is 0 Å². The Morgan fingerprint density at radius 1 is 1.33 bits per heavy atom. The van der Waals surface area contributed by atoms with E-state index in [9.17, 15) is 4.79 Å². The highest BCUT2D eigenvalue weighted by molar-refractivity contribution is 6.30. The standard InChI is InChI=1S/C17H17ClN2O/c18-15-6-4-5-14(13-15)7-10-17(8-2-1-3-9-17)16(21)20-12-11-19/h4-6,13H,1-3,8-9,12H2,(H,20,21). The molecule has 0 radical (unpaired) electrons. The van der Waals surface area contributed by atoms with Crippen LogP contribution >= 0.6 is 11.6 Å². The number of carbonyl (C=O) groups is 1. The van der Waals surface area contributed by atoms with E-state index in [0.29, 0.717) is 5.02 Å². The zero-order chi connectivity index (χ0) is 15.1. The predicted octanol–water partition coefficient (Wildman–Crippen LogP) is 3.28. The molecule has 0 bridgehead atoms. The molecule has 0 heterocycles. The summed E-state index contributed by atoms with van der Waals surface area (Å²) in [6.07, 6.45) is 4.61. The van der Waals surface area contributed by atoms with Gasteiger partial charge in [-0.15, -0.1) is 0 Å². The highest BCUT2D eigenvalue weighted by Crippen LogP contribution is 2.36. The lowest BCUT2D eigenvalue weighted by molar-refractivity contribution is -0.129. The molecule has 3 nitrogen and oxygen atoms in total. The molecule has 4 heteroatoms. The zero-order valence-electron chi connectivity index (χ0n) is 11.8. The normalized spacial score (nSPS) is 16.2. The minimum atomic E-state index is -0.669. The zero-order valence-corrected chi connectivity index (χ0v) is 12.5. The Morgan fingerprint density at radius 3 is 2.76 bits per heavy atom. The maximum atomic E-state index is 12.4. The van der Waals surface area contributed by atoms with Gasteiger partial charge in [0.05, 0.1) is 6.07 Å². The fourth-order valence-corrected chi connectivity index (χ4v) is 2.80. The molecule has 0 saturated heterocycles. The average Bonchev–Trinajstić information content (AvgIpc) is 2.51. The molecule has 1 aromatic rings. The number of amides is 1. The number of benzene rings is 1. The summed E-state index contributed by atoms with van der Waals surface area (Å²) in [4.78, 5) is 12.4. The lowest BCUT2D eigenvalue weighted by Gasteiger charge is -2.30. The quantitative estimate of drug-likeness (QED) is 0.673. The minimum Gasteiger partial charge on any atom is -0.342 e. The van der Waals surface area contributed by atoms with Gasteiger partial charge in [-0.05, 0) is 31.0 Å². The lowest BCUT2D eigenvalue weighted by atomic mass is 9.73. The van der Waals surface area contributed by atoms with E-state index in [1.807, 2.05) is 18.2 Å². The van der Waals surface area contributed by atoms with E-state index >= 15 is 0 Å². The van der Waals surface area contributed by atoms with Crippen molar-refractivity contribution in [2.45, 2.75) is 32.1 Å². The summed E-state index contributed by atoms with van der Waals surface area (Å²) in [6.45, 7) is 0.0272. The van der Waals surface area contributed by atoms with E-state index in [-0.39, 0.29) is 12.5 Å². The van der Waals surface area contributed by atoms with Gasteiger partial charge >= 0.3 is 0 Å². The molecular weight excluding hydrogens is 284 g/mol. The summed E-state index contributed by atoms with van der Waals surface area (Å²) in [6, 6.07) is 9.24. The first-order valence-corrected chi connectivity index (χ1v) is 7.48. The van der Waals surface area contributed by atoms with E-state index in [0.717, 1.165) is 37.7 Å². The molecule has 0 atom stereocenters. The molecular formula is C17H17ClN2O. The highest BCUT2D eigenvalue weighted by atomic mass is 35.5. The maximum Gasteiger partial charge on any atom is 0.239 e. The van der Waals surface area contributed by atoms with Gasteiger partial charge in [-0.25, -0.2) is 0 Å². The van der Waals surface area contributed by atoms with Crippen LogP contribution in [0.5, 0.6) is 0 Å². The van der Waals surface area contributed by atoms with Crippen molar-refractivity contribution in [1.29, 1.82) is 5.26 Å². The highest BCUT2D eigenvalue weighted by Gasteiger charge is 2.37. The number of rotatable bonds is 2. The summed E-state index contributed by atoms with van der Waals surface area (Å²) >= 11 is 5.95. The van der Waals surface area contributed by atoms with Crippen LogP contribution in [-0.2, 0) is 4.79 Å². The predicted molar refractivity (Wildman–Crippen MR) is 82.5 cm³/mol. The van der Waals surface area contributed by atoms with Gasteiger partial charge in [0.15, 0.2) is 0 Å². The Labute approximate surface area is 130 Å². The third kappa shape index (κ3) is 4.00. The summed E-state index contributed by atoms with van der Waals surface area (Å²) in [5, 5.41) is 11.9. The molecule has 2 rings (SSSR count). The van der Waals surface area contributed by atoms with Crippen LogP contribution in [0.1, 0.15) is 37.7 Å². The molecule has 0 spiro atoms. The second-order valence-corrected chi connectivity index (χ2v) is 5.68. The molecule has 1 aliphatic rings. The summed E-state index contributed by atoms with van der Waals surface area (Å²) < 4.78 is 0. The number of nitrogens with zero attached hydrogens (tertiary/aromatic N) is 1. The fraction of sp³-hybridized carbons (Fsp3) is 0.412. The van der Waals surface area contributed by atoms with E-state index in [1.165, 1.54) is 0 Å². The molecule has 1 fully saturated rings. The first-order chi connectivity index (χ1) is 10.2. The summed E-state index contributed by atoms with van der Waals surface area (Å²) in [5.74, 6) is 6.11. The van der Waals surface area contributed by atoms with Gasteiger partial charge in [-0.2, -0.15) is 5.26 Å². The number of nitriles is 1. The van der Waals surface area contributed by atoms with Crippen LogP contribution in [0, 0.1) is 28.6 Å². The molecule has 108 valence electrons. The van der Waals surface area contributed by atoms with Crippen LogP contribution < -0.4 is 5.32 Å². The maximum absolute atomic E-state index is 12.4. The molecule has 0 aliphatic heterocycles. The first kappa shape index (κ1) is 15.4. The van der Waals surface area contributed by atoms with Crippen molar-refractivity contribution < 1.29 is 4.79 Å². The lowest BCUT2D eigenvalue weighted by Crippen LogP contribution is -2.41. The van der Waals surface area contributed by atoms with Gasteiger partial charge < -0.3 is 5.32 Å². The number of hydrogen-bond donors (Lipinski definition) is 1. The smallest absolute Gasteiger partial charge is 0.239 e. The largest absolute Gasteiger partial charge is 0.342 e. The van der Waals surface area contributed by atoms with Gasteiger partial charge in [0.25, 0.3) is 0 Å². The topological polar surface area (TPSA) is 52.9 Å². The number of nitrogens with one attached hydrogen (secondary N) is 1. The van der Waals surface area contributed by atoms with Crippen molar-refractivity contribution in [3.8, 4) is 17.9 Å². The van der Waals surface area contributed by atoms with Crippen molar-refractivity contribution >= 4 is 17.5 Å². The van der Waals surface area contributed by atoms with E-state index in [4.69, 9.17) is 16.9 Å². The molecule has 1 saturated carbocycles. The van der Waals surface area contributed by atoms with Crippen LogP contribution in [0.2, 0.25) is 5.02 Å². The van der Waals surface area contributed by atoms with Crippen LogP contribution in [0.3, 0.4) is 0 Å². The summed E-state index contributed by atoms with van der Waals surface area (Å²) in [5.41, 5.74) is 0.137. The SMILES string of the molecule is N#CCNC(=O)C1(C#Cc2cccc(Cl)c2)CCCCC1. The third-order valence-corrected chi connectivity index (χ3v) is 3.98. The van der Waals surface area contributed by atoms with Gasteiger partial charge in [-0.1, -0.05) is 48.8 Å². The molecule has 1 aromatic carbocycles. The molecule has 1 N–H and O–H groups in total. The van der Waals surface area contributed by atoms with Crippen molar-refractivity contribution in [3.63, 3.8) is 0 Å². The second-order valence-electron chi connectivity index (χ2n) is 5.24.